The molecule has 0 unspecified atom stereocenters. The number of rotatable bonds is 13. The Bertz CT molecular complexity index is 639. The molecule has 0 aliphatic rings. The van der Waals surface area contributed by atoms with Crippen LogP contribution in [0.3, 0.4) is 0 Å². The van der Waals surface area contributed by atoms with Gasteiger partial charge in [-0.1, -0.05) is 0 Å². The van der Waals surface area contributed by atoms with E-state index in [9.17, 15) is 8.42 Å². The average Bonchev–Trinajstić information content (AvgIpc) is 2.66. The van der Waals surface area contributed by atoms with Crippen LogP contribution >= 0.6 is 0 Å². The third kappa shape index (κ3) is 10.2. The summed E-state index contributed by atoms with van der Waals surface area (Å²) in [6.45, 7) is 6.62. The van der Waals surface area contributed by atoms with Crippen LogP contribution in [0.1, 0.15) is 13.3 Å². The van der Waals surface area contributed by atoms with E-state index in [1.807, 2.05) is 6.92 Å². The Balaban J connectivity index is 2.36. The predicted octanol–water partition coefficient (Wildman–Crippen LogP) is -0.117. The summed E-state index contributed by atoms with van der Waals surface area (Å²) in [5.41, 5.74) is 0. The van der Waals surface area contributed by atoms with E-state index in [0.29, 0.717) is 12.5 Å². The number of aliphatic imine (C=N–C) groups is 1. The molecule has 0 fully saturated rings. The predicted molar refractivity (Wildman–Crippen MR) is 107 cm³/mol. The lowest BCUT2D eigenvalue weighted by Crippen LogP contribution is -2.41. The smallest absolute Gasteiger partial charge is 0.242 e. The Labute approximate surface area is 162 Å². The van der Waals surface area contributed by atoms with Gasteiger partial charge in [0.1, 0.15) is 4.90 Å². The van der Waals surface area contributed by atoms with Crippen LogP contribution in [0.2, 0.25) is 0 Å². The minimum absolute atomic E-state index is 0.149. The van der Waals surface area contributed by atoms with Crippen molar-refractivity contribution in [2.45, 2.75) is 18.2 Å². The standard InChI is InChI=1S/C17H32N6O3S/c1-4-19-17(21-11-13-23(2)12-6-14-26-3)20-9-10-22-27(24,25)16-7-5-8-18-15-16/h5,7-8,15,22H,4,6,9-14H2,1-3H3,(H2,19,20,21). The Kier molecular flexibility index (Phi) is 11.6. The minimum atomic E-state index is -3.55. The van der Waals surface area contributed by atoms with Crippen LogP contribution in [0.4, 0.5) is 0 Å². The van der Waals surface area contributed by atoms with Crippen molar-refractivity contribution >= 4 is 16.0 Å². The van der Waals surface area contributed by atoms with E-state index in [-0.39, 0.29) is 11.4 Å². The van der Waals surface area contributed by atoms with Gasteiger partial charge >= 0.3 is 0 Å². The molecule has 0 saturated carbocycles. The highest BCUT2D eigenvalue weighted by molar-refractivity contribution is 7.89. The topological polar surface area (TPSA) is 108 Å². The van der Waals surface area contributed by atoms with Gasteiger partial charge in [0.15, 0.2) is 5.96 Å². The van der Waals surface area contributed by atoms with Gasteiger partial charge in [-0.15, -0.1) is 0 Å². The number of ether oxygens (including phenoxy) is 1. The molecule has 0 atom stereocenters. The van der Waals surface area contributed by atoms with Gasteiger partial charge in [0.25, 0.3) is 0 Å². The van der Waals surface area contributed by atoms with E-state index in [4.69, 9.17) is 4.74 Å². The van der Waals surface area contributed by atoms with Gasteiger partial charge < -0.3 is 20.3 Å². The molecule has 10 heteroatoms. The van der Waals surface area contributed by atoms with E-state index in [2.05, 4.69) is 37.3 Å². The molecule has 0 amide bonds. The number of hydrogen-bond acceptors (Lipinski definition) is 6. The second kappa shape index (κ2) is 13.4. The zero-order chi connectivity index (χ0) is 20.0. The summed E-state index contributed by atoms with van der Waals surface area (Å²) in [6, 6.07) is 3.10. The number of pyridine rings is 1. The molecule has 0 bridgehead atoms. The number of aromatic nitrogens is 1. The highest BCUT2D eigenvalue weighted by Gasteiger charge is 2.12. The molecule has 1 rings (SSSR count). The Morgan fingerprint density at radius 3 is 2.78 bits per heavy atom. The fourth-order valence-electron chi connectivity index (χ4n) is 2.23. The van der Waals surface area contributed by atoms with Crippen LogP contribution < -0.4 is 15.4 Å². The van der Waals surface area contributed by atoms with E-state index in [1.54, 1.807) is 13.2 Å². The highest BCUT2D eigenvalue weighted by Crippen LogP contribution is 2.04. The fraction of sp³-hybridized carbons (Fsp3) is 0.647. The Hall–Kier alpha value is -1.75. The molecule has 0 saturated heterocycles. The van der Waals surface area contributed by atoms with Gasteiger partial charge in [-0.2, -0.15) is 0 Å². The van der Waals surface area contributed by atoms with Crippen molar-refractivity contribution in [1.29, 1.82) is 0 Å². The highest BCUT2D eigenvalue weighted by atomic mass is 32.2. The van der Waals surface area contributed by atoms with Crippen molar-refractivity contribution in [3.63, 3.8) is 0 Å². The lowest BCUT2D eigenvalue weighted by atomic mass is 10.4. The monoisotopic (exact) mass is 400 g/mol. The van der Waals surface area contributed by atoms with E-state index in [0.717, 1.165) is 39.2 Å². The van der Waals surface area contributed by atoms with Crippen LogP contribution in [-0.4, -0.2) is 84.3 Å². The van der Waals surface area contributed by atoms with Crippen molar-refractivity contribution in [1.82, 2.24) is 25.2 Å². The van der Waals surface area contributed by atoms with Gasteiger partial charge in [0.05, 0.1) is 6.54 Å². The number of methoxy groups -OCH3 is 1. The van der Waals surface area contributed by atoms with E-state index < -0.39 is 10.0 Å². The maximum atomic E-state index is 12.1. The molecule has 154 valence electrons. The molecule has 1 aromatic rings. The molecular formula is C17H32N6O3S. The minimum Gasteiger partial charge on any atom is -0.385 e. The molecule has 9 nitrogen and oxygen atoms in total. The molecule has 0 aromatic carbocycles. The molecule has 0 spiro atoms. The average molecular weight is 401 g/mol. The molecule has 0 radical (unpaired) electrons. The number of hydrogen-bond donors (Lipinski definition) is 3. The maximum absolute atomic E-state index is 12.1. The lowest BCUT2D eigenvalue weighted by molar-refractivity contribution is 0.180. The summed E-state index contributed by atoms with van der Waals surface area (Å²) >= 11 is 0. The van der Waals surface area contributed by atoms with Crippen molar-refractivity contribution in [3.8, 4) is 0 Å². The van der Waals surface area contributed by atoms with Crippen molar-refractivity contribution in [2.24, 2.45) is 4.99 Å². The first kappa shape index (κ1) is 23.3. The van der Waals surface area contributed by atoms with Gasteiger partial charge in [0.2, 0.25) is 10.0 Å². The first-order chi connectivity index (χ1) is 13.0. The van der Waals surface area contributed by atoms with Crippen LogP contribution in [0.25, 0.3) is 0 Å². The summed E-state index contributed by atoms with van der Waals surface area (Å²) < 4.78 is 31.8. The van der Waals surface area contributed by atoms with Gasteiger partial charge in [-0.3, -0.25) is 9.98 Å². The molecule has 0 aliphatic carbocycles. The second-order valence-electron chi connectivity index (χ2n) is 5.92. The molecular weight excluding hydrogens is 368 g/mol. The lowest BCUT2D eigenvalue weighted by Gasteiger charge is -2.18. The second-order valence-corrected chi connectivity index (χ2v) is 7.69. The Morgan fingerprint density at radius 1 is 1.30 bits per heavy atom. The molecule has 1 aromatic heterocycles. The molecule has 0 aliphatic heterocycles. The van der Waals surface area contributed by atoms with Crippen LogP contribution in [0, 0.1) is 0 Å². The molecule has 1 heterocycles. The summed E-state index contributed by atoms with van der Waals surface area (Å²) in [4.78, 5) is 10.6. The summed E-state index contributed by atoms with van der Waals surface area (Å²) in [5, 5.41) is 6.40. The Morgan fingerprint density at radius 2 is 2.11 bits per heavy atom. The van der Waals surface area contributed by atoms with Crippen LogP contribution in [0.15, 0.2) is 34.4 Å². The fourth-order valence-corrected chi connectivity index (χ4v) is 3.22. The third-order valence-corrected chi connectivity index (χ3v) is 5.08. The number of nitrogens with one attached hydrogen (secondary N) is 3. The molecule has 27 heavy (non-hydrogen) atoms. The SMILES string of the molecule is CCNC(=NCCNS(=O)(=O)c1cccnc1)NCCN(C)CCCOC. The summed E-state index contributed by atoms with van der Waals surface area (Å²) in [7, 11) is 0.221. The molecule has 3 N–H and O–H groups in total. The maximum Gasteiger partial charge on any atom is 0.242 e. The largest absolute Gasteiger partial charge is 0.385 e. The number of guanidine groups is 1. The number of sulfonamides is 1. The van der Waals surface area contributed by atoms with Crippen molar-refractivity contribution in [2.75, 3.05) is 60.0 Å². The zero-order valence-electron chi connectivity index (χ0n) is 16.4. The van der Waals surface area contributed by atoms with E-state index >= 15 is 0 Å². The summed E-state index contributed by atoms with van der Waals surface area (Å²) in [5.74, 6) is 0.670. The van der Waals surface area contributed by atoms with E-state index in [1.165, 1.54) is 18.5 Å². The quantitative estimate of drug-likeness (QED) is 0.241. The van der Waals surface area contributed by atoms with Crippen molar-refractivity contribution in [3.05, 3.63) is 24.5 Å². The third-order valence-electron chi connectivity index (χ3n) is 3.64. The first-order valence-corrected chi connectivity index (χ1v) is 10.6. The van der Waals surface area contributed by atoms with Gasteiger partial charge in [-0.25, -0.2) is 13.1 Å². The van der Waals surface area contributed by atoms with Crippen molar-refractivity contribution < 1.29 is 13.2 Å². The van der Waals surface area contributed by atoms with Gasteiger partial charge in [-0.05, 0) is 32.5 Å². The number of nitrogens with zero attached hydrogens (tertiary/aromatic N) is 3. The number of likely N-dealkylation sites (N-methyl/N-ethyl adjacent to an activating group) is 1. The van der Waals surface area contributed by atoms with Crippen LogP contribution in [-0.2, 0) is 14.8 Å². The normalized spacial score (nSPS) is 12.4. The zero-order valence-corrected chi connectivity index (χ0v) is 17.3. The van der Waals surface area contributed by atoms with Gasteiger partial charge in [0, 0.05) is 58.8 Å². The van der Waals surface area contributed by atoms with Crippen LogP contribution in [0.5, 0.6) is 0 Å². The summed E-state index contributed by atoms with van der Waals surface area (Å²) in [6.07, 6.45) is 3.85. The first-order valence-electron chi connectivity index (χ1n) is 9.09.